The van der Waals surface area contributed by atoms with Gasteiger partial charge in [-0.05, 0) is 19.1 Å². The van der Waals surface area contributed by atoms with Crippen molar-refractivity contribution in [1.29, 1.82) is 0 Å². The highest BCUT2D eigenvalue weighted by Gasteiger charge is 2.23. The van der Waals surface area contributed by atoms with Gasteiger partial charge in [0.15, 0.2) is 5.78 Å². The summed E-state index contributed by atoms with van der Waals surface area (Å²) in [7, 11) is 0. The molecule has 0 aromatic heterocycles. The first kappa shape index (κ1) is 9.21. The van der Waals surface area contributed by atoms with Gasteiger partial charge in [-0.2, -0.15) is 0 Å². The third-order valence-electron chi connectivity index (χ3n) is 2.53. The second kappa shape index (κ2) is 3.42. The zero-order valence-electron chi connectivity index (χ0n) is 8.23. The van der Waals surface area contributed by atoms with Crippen LogP contribution in [0.2, 0.25) is 0 Å². The lowest BCUT2D eigenvalue weighted by Gasteiger charge is -2.38. The van der Waals surface area contributed by atoms with E-state index >= 15 is 0 Å². The molecule has 1 aliphatic rings. The van der Waals surface area contributed by atoms with Crippen LogP contribution in [0, 0.1) is 0 Å². The highest BCUT2D eigenvalue weighted by atomic mass is 16.1. The molecule has 2 rings (SSSR count). The number of benzene rings is 1. The van der Waals surface area contributed by atoms with Crippen molar-refractivity contribution in [2.24, 2.45) is 5.73 Å². The predicted molar refractivity (Wildman–Crippen MR) is 56.6 cm³/mol. The normalized spacial score (nSPS) is 16.6. The maximum absolute atomic E-state index is 11.1. The molecule has 0 atom stereocenters. The number of Topliss-reactive ketones (excluding diaryl/α,β-unsaturated/α-hetero) is 1. The summed E-state index contributed by atoms with van der Waals surface area (Å²) in [6, 6.07) is 7.98. The van der Waals surface area contributed by atoms with Crippen LogP contribution in [-0.2, 0) is 0 Å². The number of anilines is 1. The first-order valence-corrected chi connectivity index (χ1v) is 4.78. The lowest BCUT2D eigenvalue weighted by atomic mass is 10.1. The summed E-state index contributed by atoms with van der Waals surface area (Å²) in [5.74, 6) is 0.108. The average Bonchev–Trinajstić information content (AvgIpc) is 2.13. The SMILES string of the molecule is CC(=O)c1cccc(N2CC(N)C2)c1. The fourth-order valence-electron chi connectivity index (χ4n) is 1.65. The number of hydrogen-bond donors (Lipinski definition) is 1. The first-order chi connectivity index (χ1) is 6.66. The molecule has 1 aromatic carbocycles. The van der Waals surface area contributed by atoms with Gasteiger partial charge in [-0.1, -0.05) is 12.1 Å². The molecule has 1 fully saturated rings. The summed E-state index contributed by atoms with van der Waals surface area (Å²) < 4.78 is 0. The van der Waals surface area contributed by atoms with Gasteiger partial charge in [-0.15, -0.1) is 0 Å². The minimum absolute atomic E-state index is 0.108. The van der Waals surface area contributed by atoms with Gasteiger partial charge in [0.25, 0.3) is 0 Å². The second-order valence-corrected chi connectivity index (χ2v) is 3.77. The van der Waals surface area contributed by atoms with Crippen LogP contribution in [0.15, 0.2) is 24.3 Å². The van der Waals surface area contributed by atoms with E-state index in [0.29, 0.717) is 0 Å². The summed E-state index contributed by atoms with van der Waals surface area (Å²) in [6.07, 6.45) is 0. The molecule has 3 heteroatoms. The van der Waals surface area contributed by atoms with E-state index in [9.17, 15) is 4.79 Å². The van der Waals surface area contributed by atoms with E-state index in [1.54, 1.807) is 6.92 Å². The zero-order chi connectivity index (χ0) is 10.1. The Morgan fingerprint density at radius 1 is 1.50 bits per heavy atom. The quantitative estimate of drug-likeness (QED) is 0.709. The minimum Gasteiger partial charge on any atom is -0.368 e. The lowest BCUT2D eigenvalue weighted by molar-refractivity contribution is 0.101. The van der Waals surface area contributed by atoms with Crippen LogP contribution < -0.4 is 10.6 Å². The Hall–Kier alpha value is -1.35. The van der Waals surface area contributed by atoms with Crippen LogP contribution in [0.3, 0.4) is 0 Å². The van der Waals surface area contributed by atoms with Crippen molar-refractivity contribution in [1.82, 2.24) is 0 Å². The van der Waals surface area contributed by atoms with Crippen molar-refractivity contribution in [3.63, 3.8) is 0 Å². The number of hydrogen-bond acceptors (Lipinski definition) is 3. The van der Waals surface area contributed by atoms with E-state index in [4.69, 9.17) is 5.73 Å². The summed E-state index contributed by atoms with van der Waals surface area (Å²) in [6.45, 7) is 3.36. The summed E-state index contributed by atoms with van der Waals surface area (Å²) in [4.78, 5) is 13.3. The molecule has 1 heterocycles. The van der Waals surface area contributed by atoms with Gasteiger partial charge in [0.05, 0.1) is 0 Å². The summed E-state index contributed by atoms with van der Waals surface area (Å²) >= 11 is 0. The van der Waals surface area contributed by atoms with E-state index in [1.807, 2.05) is 24.3 Å². The van der Waals surface area contributed by atoms with E-state index in [-0.39, 0.29) is 11.8 Å². The molecule has 0 amide bonds. The van der Waals surface area contributed by atoms with Gasteiger partial charge in [-0.25, -0.2) is 0 Å². The summed E-state index contributed by atoms with van der Waals surface area (Å²) in [5.41, 5.74) is 7.56. The number of carbonyl (C=O) groups is 1. The van der Waals surface area contributed by atoms with Crippen LogP contribution in [0.1, 0.15) is 17.3 Å². The largest absolute Gasteiger partial charge is 0.368 e. The lowest BCUT2D eigenvalue weighted by Crippen LogP contribution is -2.55. The molecule has 0 radical (unpaired) electrons. The van der Waals surface area contributed by atoms with E-state index in [0.717, 1.165) is 24.3 Å². The van der Waals surface area contributed by atoms with E-state index in [1.165, 1.54) is 0 Å². The molecule has 1 saturated heterocycles. The fraction of sp³-hybridized carbons (Fsp3) is 0.364. The van der Waals surface area contributed by atoms with Gasteiger partial charge < -0.3 is 10.6 Å². The van der Waals surface area contributed by atoms with Crippen LogP contribution in [0.25, 0.3) is 0 Å². The minimum atomic E-state index is 0.108. The van der Waals surface area contributed by atoms with E-state index < -0.39 is 0 Å². The molecular formula is C11H14N2O. The molecule has 2 N–H and O–H groups in total. The van der Waals surface area contributed by atoms with Crippen molar-refractivity contribution in [2.45, 2.75) is 13.0 Å². The third kappa shape index (κ3) is 1.63. The van der Waals surface area contributed by atoms with Crippen LogP contribution in [0.4, 0.5) is 5.69 Å². The smallest absolute Gasteiger partial charge is 0.159 e. The van der Waals surface area contributed by atoms with E-state index in [2.05, 4.69) is 4.90 Å². The van der Waals surface area contributed by atoms with Gasteiger partial charge in [0, 0.05) is 30.4 Å². The van der Waals surface area contributed by atoms with Gasteiger partial charge in [0.1, 0.15) is 0 Å². The topological polar surface area (TPSA) is 46.3 Å². The summed E-state index contributed by atoms with van der Waals surface area (Å²) in [5, 5.41) is 0. The van der Waals surface area contributed by atoms with Crippen molar-refractivity contribution < 1.29 is 4.79 Å². The molecule has 1 aliphatic heterocycles. The van der Waals surface area contributed by atoms with Crippen molar-refractivity contribution in [2.75, 3.05) is 18.0 Å². The molecule has 14 heavy (non-hydrogen) atoms. The van der Waals surface area contributed by atoms with Crippen molar-refractivity contribution >= 4 is 11.5 Å². The fourth-order valence-corrected chi connectivity index (χ4v) is 1.65. The molecule has 3 nitrogen and oxygen atoms in total. The molecule has 0 saturated carbocycles. The molecule has 74 valence electrons. The number of nitrogens with two attached hydrogens (primary N) is 1. The molecule has 0 unspecified atom stereocenters. The van der Waals surface area contributed by atoms with Crippen molar-refractivity contribution in [3.8, 4) is 0 Å². The number of nitrogens with zero attached hydrogens (tertiary/aromatic N) is 1. The van der Waals surface area contributed by atoms with Crippen LogP contribution >= 0.6 is 0 Å². The van der Waals surface area contributed by atoms with Gasteiger partial charge in [0.2, 0.25) is 0 Å². The maximum Gasteiger partial charge on any atom is 0.159 e. The average molecular weight is 190 g/mol. The predicted octanol–water partition coefficient (Wildman–Crippen LogP) is 1.04. The number of rotatable bonds is 2. The highest BCUT2D eigenvalue weighted by Crippen LogP contribution is 2.21. The molecule has 1 aromatic rings. The Morgan fingerprint density at radius 2 is 2.21 bits per heavy atom. The molecule has 0 bridgehead atoms. The number of ketones is 1. The Labute approximate surface area is 83.5 Å². The Morgan fingerprint density at radius 3 is 2.79 bits per heavy atom. The monoisotopic (exact) mass is 190 g/mol. The zero-order valence-corrected chi connectivity index (χ0v) is 8.23. The van der Waals surface area contributed by atoms with Crippen LogP contribution in [-0.4, -0.2) is 24.9 Å². The second-order valence-electron chi connectivity index (χ2n) is 3.77. The Bertz CT molecular complexity index is 356. The molecular weight excluding hydrogens is 176 g/mol. The van der Waals surface area contributed by atoms with Gasteiger partial charge in [-0.3, -0.25) is 4.79 Å². The first-order valence-electron chi connectivity index (χ1n) is 4.78. The third-order valence-corrected chi connectivity index (χ3v) is 2.53. The number of carbonyl (C=O) groups excluding carboxylic acids is 1. The highest BCUT2D eigenvalue weighted by molar-refractivity contribution is 5.95. The van der Waals surface area contributed by atoms with Crippen LogP contribution in [0.5, 0.6) is 0 Å². The van der Waals surface area contributed by atoms with Crippen molar-refractivity contribution in [3.05, 3.63) is 29.8 Å². The Balaban J connectivity index is 2.18. The maximum atomic E-state index is 11.1. The molecule has 0 aliphatic carbocycles. The standard InChI is InChI=1S/C11H14N2O/c1-8(14)9-3-2-4-11(5-9)13-6-10(12)7-13/h2-5,10H,6-7,12H2,1H3. The Kier molecular flexibility index (Phi) is 2.25. The van der Waals surface area contributed by atoms with Gasteiger partial charge >= 0.3 is 0 Å². The molecule has 0 spiro atoms.